The van der Waals surface area contributed by atoms with Crippen LogP contribution in [0.1, 0.15) is 59.9 Å². The van der Waals surface area contributed by atoms with Crippen molar-refractivity contribution in [3.05, 3.63) is 95.6 Å². The van der Waals surface area contributed by atoms with Gasteiger partial charge in [0.15, 0.2) is 0 Å². The molecule has 2 aromatic heterocycles. The molecule has 0 fully saturated rings. The van der Waals surface area contributed by atoms with Crippen LogP contribution in [0, 0.1) is 0 Å². The van der Waals surface area contributed by atoms with Crippen molar-refractivity contribution < 1.29 is 4.79 Å². The van der Waals surface area contributed by atoms with Crippen molar-refractivity contribution in [2.45, 2.75) is 45.6 Å². The Hall–Kier alpha value is -3.47. The van der Waals surface area contributed by atoms with Crippen LogP contribution in [0.5, 0.6) is 0 Å². The third kappa shape index (κ3) is 5.05. The maximum absolute atomic E-state index is 12.2. The first-order valence-electron chi connectivity index (χ1n) is 11.4. The van der Waals surface area contributed by atoms with Gasteiger partial charge in [-0.3, -0.25) is 9.78 Å². The molecule has 4 aromatic rings. The summed E-state index contributed by atoms with van der Waals surface area (Å²) in [7, 11) is 0. The number of rotatable bonds is 9. The van der Waals surface area contributed by atoms with E-state index in [1.54, 1.807) is 24.5 Å². The molecule has 5 heteroatoms. The van der Waals surface area contributed by atoms with E-state index >= 15 is 0 Å². The van der Waals surface area contributed by atoms with Crippen LogP contribution in [0.4, 0.5) is 0 Å². The minimum Gasteiger partial charge on any atom is -0.352 e. The maximum Gasteiger partial charge on any atom is 0.252 e. The number of aromatic nitrogens is 3. The van der Waals surface area contributed by atoms with Crippen LogP contribution in [0.15, 0.2) is 73.1 Å². The lowest BCUT2D eigenvalue weighted by Gasteiger charge is -2.12. The fourth-order valence-corrected chi connectivity index (χ4v) is 3.91. The van der Waals surface area contributed by atoms with E-state index in [0.29, 0.717) is 18.0 Å². The number of para-hydroxylation sites is 2. The van der Waals surface area contributed by atoms with E-state index in [9.17, 15) is 4.79 Å². The number of benzene rings is 2. The summed E-state index contributed by atoms with van der Waals surface area (Å²) in [4.78, 5) is 21.1. The Morgan fingerprint density at radius 3 is 2.62 bits per heavy atom. The van der Waals surface area contributed by atoms with E-state index in [1.807, 2.05) is 6.07 Å². The second-order valence-electron chi connectivity index (χ2n) is 8.25. The average Bonchev–Trinajstić information content (AvgIpc) is 3.19. The van der Waals surface area contributed by atoms with E-state index in [2.05, 4.69) is 71.2 Å². The van der Waals surface area contributed by atoms with Crippen LogP contribution >= 0.6 is 0 Å². The maximum atomic E-state index is 12.2. The molecule has 164 valence electrons. The van der Waals surface area contributed by atoms with Gasteiger partial charge in [0.1, 0.15) is 5.82 Å². The van der Waals surface area contributed by atoms with Crippen molar-refractivity contribution >= 4 is 16.9 Å². The summed E-state index contributed by atoms with van der Waals surface area (Å²) in [5.74, 6) is 1.54. The largest absolute Gasteiger partial charge is 0.352 e. The van der Waals surface area contributed by atoms with Gasteiger partial charge < -0.3 is 9.88 Å². The van der Waals surface area contributed by atoms with Gasteiger partial charge in [0.25, 0.3) is 5.91 Å². The summed E-state index contributed by atoms with van der Waals surface area (Å²) in [5, 5.41) is 2.98. The molecule has 2 aromatic carbocycles. The summed E-state index contributed by atoms with van der Waals surface area (Å²) in [6, 6.07) is 20.8. The van der Waals surface area contributed by atoms with Gasteiger partial charge in [0.05, 0.1) is 16.6 Å². The number of nitrogens with zero attached hydrogens (tertiary/aromatic N) is 3. The zero-order chi connectivity index (χ0) is 22.3. The second kappa shape index (κ2) is 10.2. The van der Waals surface area contributed by atoms with Crippen molar-refractivity contribution in [3.63, 3.8) is 0 Å². The molecule has 32 heavy (non-hydrogen) atoms. The van der Waals surface area contributed by atoms with E-state index in [0.717, 1.165) is 42.7 Å². The van der Waals surface area contributed by atoms with Crippen LogP contribution in [0.25, 0.3) is 11.0 Å². The minimum atomic E-state index is -0.0898. The Kier molecular flexibility index (Phi) is 6.95. The Bertz CT molecular complexity index is 1170. The highest BCUT2D eigenvalue weighted by Crippen LogP contribution is 2.22. The first-order valence-corrected chi connectivity index (χ1v) is 11.4. The van der Waals surface area contributed by atoms with Crippen LogP contribution < -0.4 is 5.32 Å². The summed E-state index contributed by atoms with van der Waals surface area (Å²) in [6.07, 6.45) is 6.02. The van der Waals surface area contributed by atoms with Crippen molar-refractivity contribution in [3.8, 4) is 0 Å². The number of amides is 1. The number of carbonyl (C=O) groups is 1. The van der Waals surface area contributed by atoms with E-state index in [4.69, 9.17) is 4.98 Å². The topological polar surface area (TPSA) is 59.8 Å². The van der Waals surface area contributed by atoms with Gasteiger partial charge in [0.2, 0.25) is 0 Å². The van der Waals surface area contributed by atoms with Crippen LogP contribution in [-0.2, 0) is 13.0 Å². The molecule has 1 unspecified atom stereocenters. The fourth-order valence-electron chi connectivity index (χ4n) is 3.91. The molecular formula is C27H30N4O. The normalized spacial score (nSPS) is 12.1. The predicted octanol–water partition coefficient (Wildman–Crippen LogP) is 5.36. The number of nitrogens with one attached hydrogen (secondary N) is 1. The molecule has 0 radical (unpaired) electrons. The molecule has 0 spiro atoms. The molecular weight excluding hydrogens is 396 g/mol. The lowest BCUT2D eigenvalue weighted by Crippen LogP contribution is -2.25. The first-order chi connectivity index (χ1) is 15.7. The van der Waals surface area contributed by atoms with Crippen molar-refractivity contribution in [1.82, 2.24) is 19.9 Å². The Balaban J connectivity index is 1.45. The van der Waals surface area contributed by atoms with Gasteiger partial charge in [-0.2, -0.15) is 0 Å². The summed E-state index contributed by atoms with van der Waals surface area (Å²) in [6.45, 7) is 5.88. The smallest absolute Gasteiger partial charge is 0.252 e. The zero-order valence-corrected chi connectivity index (χ0v) is 18.8. The lowest BCUT2D eigenvalue weighted by atomic mass is 9.97. The average molecular weight is 427 g/mol. The van der Waals surface area contributed by atoms with Gasteiger partial charge in [-0.1, -0.05) is 50.2 Å². The third-order valence-electron chi connectivity index (χ3n) is 6.02. The van der Waals surface area contributed by atoms with E-state index in [1.165, 1.54) is 11.1 Å². The van der Waals surface area contributed by atoms with Crippen LogP contribution in [-0.4, -0.2) is 27.0 Å². The quantitative estimate of drug-likeness (QED) is 0.367. The number of fused-ring (bicyclic) bond motifs is 1. The van der Waals surface area contributed by atoms with E-state index in [-0.39, 0.29) is 5.91 Å². The molecule has 0 bridgehead atoms. The monoisotopic (exact) mass is 426 g/mol. The van der Waals surface area contributed by atoms with Crippen molar-refractivity contribution in [1.29, 1.82) is 0 Å². The zero-order valence-electron chi connectivity index (χ0n) is 18.8. The minimum absolute atomic E-state index is 0.0898. The van der Waals surface area contributed by atoms with Crippen LogP contribution in [0.3, 0.4) is 0 Å². The van der Waals surface area contributed by atoms with Crippen LogP contribution in [0.2, 0.25) is 0 Å². The van der Waals surface area contributed by atoms with Gasteiger partial charge >= 0.3 is 0 Å². The Labute approximate surface area is 189 Å². The number of pyridine rings is 1. The SMILES string of the molecule is CCC(C)c1ccc(Cn2c(CCCNC(=O)c3cccnc3)nc3ccccc32)cc1. The lowest BCUT2D eigenvalue weighted by molar-refractivity contribution is 0.0953. The highest BCUT2D eigenvalue weighted by atomic mass is 16.1. The molecule has 0 aliphatic rings. The summed E-state index contributed by atoms with van der Waals surface area (Å²) in [5.41, 5.74) is 5.40. The number of aryl methyl sites for hydroxylation is 1. The number of imidazole rings is 1. The standard InChI is InChI=1S/C27H30N4O/c1-3-20(2)22-14-12-21(13-15-22)19-31-25-10-5-4-9-24(25)30-26(31)11-7-17-29-27(32)23-8-6-16-28-18-23/h4-6,8-10,12-16,18,20H,3,7,11,17,19H2,1-2H3,(H,29,32). The van der Waals surface area contributed by atoms with Crippen molar-refractivity contribution in [2.24, 2.45) is 0 Å². The molecule has 0 saturated carbocycles. The molecule has 0 aliphatic heterocycles. The van der Waals surface area contributed by atoms with Crippen molar-refractivity contribution in [2.75, 3.05) is 6.54 Å². The molecule has 1 amide bonds. The molecule has 4 rings (SSSR count). The Morgan fingerprint density at radius 2 is 1.88 bits per heavy atom. The molecule has 0 aliphatic carbocycles. The van der Waals surface area contributed by atoms with Gasteiger partial charge in [-0.25, -0.2) is 4.98 Å². The fraction of sp³-hybridized carbons (Fsp3) is 0.296. The molecule has 0 saturated heterocycles. The molecule has 1 atom stereocenters. The number of hydrogen-bond acceptors (Lipinski definition) is 3. The molecule has 5 nitrogen and oxygen atoms in total. The third-order valence-corrected chi connectivity index (χ3v) is 6.02. The van der Waals surface area contributed by atoms with Gasteiger partial charge in [-0.15, -0.1) is 0 Å². The van der Waals surface area contributed by atoms with E-state index < -0.39 is 0 Å². The highest BCUT2D eigenvalue weighted by Gasteiger charge is 2.12. The number of carbonyl (C=O) groups excluding carboxylic acids is 1. The second-order valence-corrected chi connectivity index (χ2v) is 8.25. The first kappa shape index (κ1) is 21.8. The summed E-state index contributed by atoms with van der Waals surface area (Å²) < 4.78 is 2.30. The van der Waals surface area contributed by atoms with Gasteiger partial charge in [-0.05, 0) is 54.2 Å². The predicted molar refractivity (Wildman–Crippen MR) is 129 cm³/mol. The number of hydrogen-bond donors (Lipinski definition) is 1. The highest BCUT2D eigenvalue weighted by molar-refractivity contribution is 5.93. The molecule has 2 heterocycles. The molecule has 1 N–H and O–H groups in total. The Morgan fingerprint density at radius 1 is 1.06 bits per heavy atom. The summed E-state index contributed by atoms with van der Waals surface area (Å²) >= 11 is 0. The van der Waals surface area contributed by atoms with Gasteiger partial charge in [0, 0.05) is 31.9 Å².